The zero-order valence-corrected chi connectivity index (χ0v) is 13.8. The standard InChI is InChI=1S/C17H18N6O2/c1-22-16(24)8-15(20-17(22)25)23-7-6-11(10-23)19-14-9-18-21-13-5-3-2-4-12(13)14/h2-5,8-9,11H,6-7,10H2,1H3,(H,19,21)(H,20,25)/t11-/m0/s1. The van der Waals surface area contributed by atoms with Gasteiger partial charge in [-0.15, -0.1) is 0 Å². The third kappa shape index (κ3) is 2.86. The number of nitrogens with one attached hydrogen (secondary N) is 2. The molecule has 1 fully saturated rings. The second-order valence-corrected chi connectivity index (χ2v) is 6.21. The molecule has 0 saturated carbocycles. The molecule has 3 aromatic rings. The maximum Gasteiger partial charge on any atom is 0.329 e. The van der Waals surface area contributed by atoms with Crippen LogP contribution in [0.1, 0.15) is 6.42 Å². The molecule has 0 amide bonds. The van der Waals surface area contributed by atoms with Gasteiger partial charge in [-0.1, -0.05) is 18.2 Å². The normalized spacial score (nSPS) is 17.2. The van der Waals surface area contributed by atoms with Crippen LogP contribution >= 0.6 is 0 Å². The van der Waals surface area contributed by atoms with Crippen molar-refractivity contribution in [3.8, 4) is 0 Å². The molecule has 0 spiro atoms. The lowest BCUT2D eigenvalue weighted by molar-refractivity contribution is 0.761. The molecule has 2 aromatic heterocycles. The van der Waals surface area contributed by atoms with E-state index in [1.807, 2.05) is 29.2 Å². The molecule has 2 N–H and O–H groups in total. The largest absolute Gasteiger partial charge is 0.379 e. The van der Waals surface area contributed by atoms with Gasteiger partial charge in [0.05, 0.1) is 17.4 Å². The summed E-state index contributed by atoms with van der Waals surface area (Å²) in [6.45, 7) is 1.46. The van der Waals surface area contributed by atoms with Crippen molar-refractivity contribution in [3.05, 3.63) is 57.4 Å². The highest BCUT2D eigenvalue weighted by Gasteiger charge is 2.24. The molecule has 0 unspecified atom stereocenters. The van der Waals surface area contributed by atoms with Crippen LogP contribution in [-0.2, 0) is 7.05 Å². The molecular formula is C17H18N6O2. The number of aromatic nitrogens is 4. The van der Waals surface area contributed by atoms with Gasteiger partial charge < -0.3 is 10.2 Å². The number of hydrogen-bond acceptors (Lipinski definition) is 6. The zero-order valence-electron chi connectivity index (χ0n) is 13.8. The molecule has 0 radical (unpaired) electrons. The Morgan fingerprint density at radius 2 is 2.12 bits per heavy atom. The van der Waals surface area contributed by atoms with E-state index in [1.165, 1.54) is 13.1 Å². The predicted octanol–water partition coefficient (Wildman–Crippen LogP) is 0.708. The first kappa shape index (κ1) is 15.4. The summed E-state index contributed by atoms with van der Waals surface area (Å²) >= 11 is 0. The molecular weight excluding hydrogens is 320 g/mol. The highest BCUT2D eigenvalue weighted by molar-refractivity contribution is 5.90. The van der Waals surface area contributed by atoms with Crippen LogP contribution in [0.4, 0.5) is 11.5 Å². The number of hydrogen-bond donors (Lipinski definition) is 2. The molecule has 1 aromatic carbocycles. The van der Waals surface area contributed by atoms with E-state index in [2.05, 4.69) is 20.5 Å². The van der Waals surface area contributed by atoms with E-state index in [-0.39, 0.29) is 11.6 Å². The Morgan fingerprint density at radius 3 is 2.96 bits per heavy atom. The van der Waals surface area contributed by atoms with Crippen LogP contribution in [0, 0.1) is 0 Å². The third-order valence-electron chi connectivity index (χ3n) is 4.57. The van der Waals surface area contributed by atoms with Crippen molar-refractivity contribution in [2.45, 2.75) is 12.5 Å². The summed E-state index contributed by atoms with van der Waals surface area (Å²) in [5, 5.41) is 12.7. The minimum absolute atomic E-state index is 0.195. The quantitative estimate of drug-likeness (QED) is 0.730. The summed E-state index contributed by atoms with van der Waals surface area (Å²) in [5.41, 5.74) is 1.08. The van der Waals surface area contributed by atoms with Gasteiger partial charge in [-0.2, -0.15) is 10.2 Å². The van der Waals surface area contributed by atoms with Gasteiger partial charge in [0, 0.05) is 37.6 Å². The van der Waals surface area contributed by atoms with Crippen LogP contribution in [-0.4, -0.2) is 38.9 Å². The van der Waals surface area contributed by atoms with Gasteiger partial charge in [-0.25, -0.2) is 4.79 Å². The first-order valence-corrected chi connectivity index (χ1v) is 8.14. The summed E-state index contributed by atoms with van der Waals surface area (Å²) in [4.78, 5) is 28.4. The highest BCUT2D eigenvalue weighted by atomic mass is 16.2. The molecule has 1 saturated heterocycles. The minimum Gasteiger partial charge on any atom is -0.379 e. The van der Waals surface area contributed by atoms with Gasteiger partial charge in [0.1, 0.15) is 5.82 Å². The molecule has 1 atom stereocenters. The van der Waals surface area contributed by atoms with Crippen LogP contribution in [0.5, 0.6) is 0 Å². The second-order valence-electron chi connectivity index (χ2n) is 6.21. The van der Waals surface area contributed by atoms with Gasteiger partial charge in [0.2, 0.25) is 0 Å². The number of rotatable bonds is 3. The van der Waals surface area contributed by atoms with Gasteiger partial charge >= 0.3 is 5.69 Å². The first-order valence-electron chi connectivity index (χ1n) is 8.14. The number of benzene rings is 1. The fourth-order valence-corrected chi connectivity index (χ4v) is 3.15. The van der Waals surface area contributed by atoms with E-state index in [0.29, 0.717) is 12.4 Å². The van der Waals surface area contributed by atoms with Crippen LogP contribution in [0.25, 0.3) is 10.9 Å². The van der Waals surface area contributed by atoms with Crippen molar-refractivity contribution in [1.82, 2.24) is 19.7 Å². The van der Waals surface area contributed by atoms with Crippen LogP contribution < -0.4 is 21.5 Å². The van der Waals surface area contributed by atoms with Crippen LogP contribution in [0.3, 0.4) is 0 Å². The highest BCUT2D eigenvalue weighted by Crippen LogP contribution is 2.24. The summed E-state index contributed by atoms with van der Waals surface area (Å²) in [7, 11) is 1.46. The first-order chi connectivity index (χ1) is 12.1. The smallest absolute Gasteiger partial charge is 0.329 e. The lowest BCUT2D eigenvalue weighted by Crippen LogP contribution is -2.35. The Balaban J connectivity index is 1.55. The lowest BCUT2D eigenvalue weighted by atomic mass is 10.2. The lowest BCUT2D eigenvalue weighted by Gasteiger charge is -2.19. The molecule has 0 aliphatic carbocycles. The van der Waals surface area contributed by atoms with Crippen molar-refractivity contribution in [2.75, 3.05) is 23.3 Å². The Kier molecular flexibility index (Phi) is 3.72. The fraction of sp³-hybridized carbons (Fsp3) is 0.294. The van der Waals surface area contributed by atoms with Crippen molar-refractivity contribution in [1.29, 1.82) is 0 Å². The Bertz CT molecular complexity index is 1000. The van der Waals surface area contributed by atoms with Crippen molar-refractivity contribution >= 4 is 22.4 Å². The molecule has 0 bridgehead atoms. The van der Waals surface area contributed by atoms with Crippen molar-refractivity contribution < 1.29 is 0 Å². The number of fused-ring (bicyclic) bond motifs is 1. The molecule has 3 heterocycles. The maximum atomic E-state index is 11.8. The summed E-state index contributed by atoms with van der Waals surface area (Å²) < 4.78 is 1.06. The number of H-pyrrole nitrogens is 1. The average molecular weight is 338 g/mol. The number of nitrogens with zero attached hydrogens (tertiary/aromatic N) is 4. The van der Waals surface area contributed by atoms with Gasteiger partial charge in [-0.05, 0) is 12.5 Å². The van der Waals surface area contributed by atoms with Gasteiger partial charge in [0.15, 0.2) is 0 Å². The molecule has 8 heteroatoms. The molecule has 8 nitrogen and oxygen atoms in total. The average Bonchev–Trinajstić information content (AvgIpc) is 3.08. The zero-order chi connectivity index (χ0) is 17.4. The van der Waals surface area contributed by atoms with Crippen molar-refractivity contribution in [2.24, 2.45) is 7.05 Å². The maximum absolute atomic E-state index is 11.8. The van der Waals surface area contributed by atoms with Crippen molar-refractivity contribution in [3.63, 3.8) is 0 Å². The summed E-state index contributed by atoms with van der Waals surface area (Å²) in [6, 6.07) is 9.51. The second kappa shape index (κ2) is 6.04. The Hall–Kier alpha value is -3.16. The number of anilines is 2. The van der Waals surface area contributed by atoms with E-state index in [9.17, 15) is 9.59 Å². The van der Waals surface area contributed by atoms with Crippen LogP contribution in [0.15, 0.2) is 46.1 Å². The summed E-state index contributed by atoms with van der Waals surface area (Å²) in [6.07, 6.45) is 2.62. The molecule has 1 aliphatic rings. The van der Waals surface area contributed by atoms with E-state index in [4.69, 9.17) is 0 Å². The van der Waals surface area contributed by atoms with Gasteiger partial charge in [0.25, 0.3) is 5.56 Å². The topological polar surface area (TPSA) is 95.9 Å². The Labute approximate surface area is 143 Å². The molecule has 4 rings (SSSR count). The SMILES string of the molecule is Cn1c(=O)cc(N2CC[C@H](Nc3cnnc4ccccc34)C2)[nH]c1=O. The van der Waals surface area contributed by atoms with E-state index in [1.54, 1.807) is 6.20 Å². The molecule has 128 valence electrons. The third-order valence-corrected chi connectivity index (χ3v) is 4.57. The van der Waals surface area contributed by atoms with E-state index >= 15 is 0 Å². The monoisotopic (exact) mass is 338 g/mol. The predicted molar refractivity (Wildman–Crippen MR) is 96.1 cm³/mol. The molecule has 1 aliphatic heterocycles. The van der Waals surface area contributed by atoms with E-state index in [0.717, 1.165) is 34.1 Å². The fourth-order valence-electron chi connectivity index (χ4n) is 3.15. The van der Waals surface area contributed by atoms with Gasteiger partial charge in [-0.3, -0.25) is 14.3 Å². The van der Waals surface area contributed by atoms with E-state index < -0.39 is 5.69 Å². The summed E-state index contributed by atoms with van der Waals surface area (Å²) in [5.74, 6) is 0.565. The van der Waals surface area contributed by atoms with Crippen LogP contribution in [0.2, 0.25) is 0 Å². The minimum atomic E-state index is -0.400. The molecule has 25 heavy (non-hydrogen) atoms. The Morgan fingerprint density at radius 1 is 1.28 bits per heavy atom. The number of aromatic amines is 1.